The highest BCUT2D eigenvalue weighted by Crippen LogP contribution is 2.28. The minimum Gasteiger partial charge on any atom is -0.288 e. The lowest BCUT2D eigenvalue weighted by Crippen LogP contribution is -2.12. The van der Waals surface area contributed by atoms with E-state index in [4.69, 9.17) is 9.81 Å². The van der Waals surface area contributed by atoms with E-state index >= 15 is 0 Å². The molecule has 0 heterocycles. The van der Waals surface area contributed by atoms with Gasteiger partial charge in [0.25, 0.3) is 10.1 Å². The molecule has 0 unspecified atom stereocenters. The summed E-state index contributed by atoms with van der Waals surface area (Å²) in [5, 5.41) is 17.9. The molecule has 11 nitrogen and oxygen atoms in total. The van der Waals surface area contributed by atoms with E-state index in [2.05, 4.69) is 23.8 Å². The highest BCUT2D eigenvalue weighted by Gasteiger charge is 2.22. The highest BCUT2D eigenvalue weighted by molar-refractivity contribution is 7.91. The van der Waals surface area contributed by atoms with Crippen molar-refractivity contribution in [2.45, 2.75) is 9.79 Å². The number of sulfone groups is 1. The highest BCUT2D eigenvalue weighted by atomic mass is 32.2. The average Bonchev–Trinajstić information content (AvgIpc) is 2.46. The minimum absolute atomic E-state index is 0.200. The third-order valence-electron chi connectivity index (χ3n) is 2.32. The van der Waals surface area contributed by atoms with Crippen molar-refractivity contribution in [3.8, 4) is 0 Å². The first-order valence-electron chi connectivity index (χ1n) is 5.63. The first-order valence-corrected chi connectivity index (χ1v) is 9.39. The zero-order valence-corrected chi connectivity index (χ0v) is 14.0. The minimum atomic E-state index is -4.69. The van der Waals surface area contributed by atoms with Crippen molar-refractivity contribution in [3.63, 3.8) is 0 Å². The lowest BCUT2D eigenvalue weighted by atomic mass is 10.3. The van der Waals surface area contributed by atoms with E-state index in [-0.39, 0.29) is 29.5 Å². The van der Waals surface area contributed by atoms with Gasteiger partial charge in [0.2, 0.25) is 0 Å². The second kappa shape index (κ2) is 8.65. The van der Waals surface area contributed by atoms with E-state index in [1.807, 2.05) is 0 Å². The zero-order valence-electron chi connectivity index (χ0n) is 11.5. The topological polar surface area (TPSA) is 161 Å². The summed E-state index contributed by atoms with van der Waals surface area (Å²) >= 11 is 0.206. The summed E-state index contributed by atoms with van der Waals surface area (Å²) in [6.45, 7) is -0.339. The van der Waals surface area contributed by atoms with Crippen molar-refractivity contribution in [3.05, 3.63) is 18.2 Å². The molecule has 1 aromatic carbocycles. The fraction of sp³-hybridized carbons (Fsp3) is 0.333. The maximum absolute atomic E-state index is 12.1. The molecule has 0 fully saturated rings. The van der Waals surface area contributed by atoms with Gasteiger partial charge in [-0.05, 0) is 18.2 Å². The number of hydrogen-bond acceptors (Lipinski definition) is 11. The summed E-state index contributed by atoms with van der Waals surface area (Å²) < 4.78 is 64.4. The van der Waals surface area contributed by atoms with Gasteiger partial charge in [-0.2, -0.15) is 18.6 Å². The standard InChI is InChI=1S/C9H12N2O9S3/c1-10-11-8-3-2-7(6-9(8)23(15,16)17)22(13,14)5-4-18-21-20-19-12/h2-3,6,12H,4-5H2,1H3,(H,15,16,17). The van der Waals surface area contributed by atoms with Crippen molar-refractivity contribution in [1.29, 1.82) is 0 Å². The van der Waals surface area contributed by atoms with E-state index in [0.29, 0.717) is 0 Å². The Bertz CT molecular complexity index is 760. The van der Waals surface area contributed by atoms with Crippen LogP contribution in [0.3, 0.4) is 0 Å². The Morgan fingerprint density at radius 1 is 1.26 bits per heavy atom. The number of nitrogens with zero attached hydrogens (tertiary/aromatic N) is 2. The maximum atomic E-state index is 12.1. The summed E-state index contributed by atoms with van der Waals surface area (Å²) in [5.74, 6) is -0.519. The largest absolute Gasteiger partial charge is 0.296 e. The van der Waals surface area contributed by atoms with Gasteiger partial charge in [-0.3, -0.25) is 8.74 Å². The van der Waals surface area contributed by atoms with E-state index in [1.54, 1.807) is 0 Å². The fourth-order valence-corrected chi connectivity index (χ4v) is 3.57. The van der Waals surface area contributed by atoms with Crippen LogP contribution in [0.2, 0.25) is 0 Å². The third kappa shape index (κ3) is 6.11. The first-order chi connectivity index (χ1) is 10.7. The molecule has 14 heteroatoms. The molecule has 1 rings (SSSR count). The van der Waals surface area contributed by atoms with Crippen LogP contribution in [0.5, 0.6) is 0 Å². The van der Waals surface area contributed by atoms with E-state index in [0.717, 1.165) is 18.2 Å². The normalized spacial score (nSPS) is 12.8. The molecule has 130 valence electrons. The monoisotopic (exact) mass is 388 g/mol. The van der Waals surface area contributed by atoms with Gasteiger partial charge in [-0.25, -0.2) is 13.7 Å². The average molecular weight is 388 g/mol. The van der Waals surface area contributed by atoms with Crippen molar-refractivity contribution in [1.82, 2.24) is 0 Å². The molecule has 1 aromatic rings. The van der Waals surface area contributed by atoms with Gasteiger partial charge in [0.05, 0.1) is 17.3 Å². The van der Waals surface area contributed by atoms with E-state index in [1.165, 1.54) is 7.05 Å². The number of azo groups is 1. The van der Waals surface area contributed by atoms with Gasteiger partial charge >= 0.3 is 0 Å². The van der Waals surface area contributed by atoms with Crippen LogP contribution in [0.4, 0.5) is 5.69 Å². The summed E-state index contributed by atoms with van der Waals surface area (Å²) in [5.41, 5.74) is -0.200. The molecule has 0 aliphatic heterocycles. The summed E-state index contributed by atoms with van der Waals surface area (Å²) in [4.78, 5) is -1.04. The second-order valence-corrected chi connectivity index (χ2v) is 7.76. The Hall–Kier alpha value is -1.13. The fourth-order valence-electron chi connectivity index (χ4n) is 1.41. The van der Waals surface area contributed by atoms with Crippen molar-refractivity contribution >= 4 is 38.0 Å². The van der Waals surface area contributed by atoms with Crippen LogP contribution in [0, 0.1) is 0 Å². The summed E-state index contributed by atoms with van der Waals surface area (Å²) in [6.07, 6.45) is 0. The first kappa shape index (κ1) is 19.9. The van der Waals surface area contributed by atoms with Gasteiger partial charge in [0, 0.05) is 7.05 Å². The van der Waals surface area contributed by atoms with Crippen LogP contribution in [0.15, 0.2) is 38.2 Å². The third-order valence-corrected chi connectivity index (χ3v) is 5.26. The van der Waals surface area contributed by atoms with E-state index < -0.39 is 30.6 Å². The molecular weight excluding hydrogens is 376 g/mol. The Morgan fingerprint density at radius 2 is 1.96 bits per heavy atom. The van der Waals surface area contributed by atoms with Crippen molar-refractivity contribution in [2.24, 2.45) is 10.2 Å². The second-order valence-electron chi connectivity index (χ2n) is 3.76. The molecular formula is C9H12N2O9S3. The van der Waals surface area contributed by atoms with Crippen LogP contribution >= 0.6 is 12.3 Å². The van der Waals surface area contributed by atoms with Crippen LogP contribution in [-0.4, -0.2) is 46.1 Å². The van der Waals surface area contributed by atoms with E-state index in [9.17, 15) is 16.8 Å². The number of hydrogen-bond donors (Lipinski definition) is 2. The molecule has 0 aliphatic rings. The van der Waals surface area contributed by atoms with Gasteiger partial charge in [0.15, 0.2) is 22.2 Å². The molecule has 0 saturated heterocycles. The SMILES string of the molecule is CN=Nc1ccc(S(=O)(=O)CCOSOOO)cc1S(=O)(=O)O. The number of rotatable bonds is 9. The Kier molecular flexibility index (Phi) is 7.49. The van der Waals surface area contributed by atoms with Gasteiger partial charge in [-0.15, -0.1) is 4.33 Å². The molecule has 0 amide bonds. The molecule has 0 aliphatic carbocycles. The predicted octanol–water partition coefficient (Wildman–Crippen LogP) is 1.42. The maximum Gasteiger partial charge on any atom is 0.296 e. The van der Waals surface area contributed by atoms with Gasteiger partial charge < -0.3 is 0 Å². The molecule has 0 atom stereocenters. The molecule has 0 spiro atoms. The quantitative estimate of drug-likeness (QED) is 0.158. The Balaban J connectivity index is 3.04. The lowest BCUT2D eigenvalue weighted by Gasteiger charge is -2.07. The van der Waals surface area contributed by atoms with Crippen molar-refractivity contribution in [2.75, 3.05) is 19.4 Å². The predicted molar refractivity (Wildman–Crippen MR) is 77.1 cm³/mol. The lowest BCUT2D eigenvalue weighted by molar-refractivity contribution is -0.434. The van der Waals surface area contributed by atoms with Gasteiger partial charge in [-0.1, -0.05) is 5.04 Å². The van der Waals surface area contributed by atoms with Crippen LogP contribution < -0.4 is 0 Å². The van der Waals surface area contributed by atoms with Crippen LogP contribution in [0.25, 0.3) is 0 Å². The summed E-state index contributed by atoms with van der Waals surface area (Å²) in [7, 11) is -7.31. The van der Waals surface area contributed by atoms with Crippen LogP contribution in [-0.2, 0) is 33.5 Å². The smallest absolute Gasteiger partial charge is 0.288 e. The zero-order chi connectivity index (χ0) is 17.5. The Morgan fingerprint density at radius 3 is 2.52 bits per heavy atom. The van der Waals surface area contributed by atoms with Crippen LogP contribution in [0.1, 0.15) is 0 Å². The van der Waals surface area contributed by atoms with Gasteiger partial charge in [0.1, 0.15) is 10.6 Å². The molecule has 0 bridgehead atoms. The molecule has 0 saturated carbocycles. The Labute approximate surface area is 136 Å². The molecule has 0 radical (unpaired) electrons. The molecule has 23 heavy (non-hydrogen) atoms. The number of benzene rings is 1. The molecule has 0 aromatic heterocycles. The summed E-state index contributed by atoms with van der Waals surface area (Å²) in [6, 6.07) is 2.99. The molecule has 2 N–H and O–H groups in total. The van der Waals surface area contributed by atoms with Crippen molar-refractivity contribution < 1.29 is 40.2 Å².